The Balaban J connectivity index is 1.68. The van der Waals surface area contributed by atoms with Gasteiger partial charge in [-0.05, 0) is 55.7 Å². The fourth-order valence-electron chi connectivity index (χ4n) is 2.53. The first-order valence-corrected chi connectivity index (χ1v) is 8.19. The van der Waals surface area contributed by atoms with Gasteiger partial charge in [-0.3, -0.25) is 5.10 Å². The quantitative estimate of drug-likeness (QED) is 0.579. The number of nitrogens with zero attached hydrogens (tertiary/aromatic N) is 2. The van der Waals surface area contributed by atoms with Gasteiger partial charge < -0.3 is 15.8 Å². The third-order valence-corrected chi connectivity index (χ3v) is 3.76. The van der Waals surface area contributed by atoms with E-state index in [0.717, 1.165) is 47.4 Å². The van der Waals surface area contributed by atoms with Crippen LogP contribution in [0.4, 0.5) is 11.6 Å². The molecule has 0 aliphatic carbocycles. The van der Waals surface area contributed by atoms with Gasteiger partial charge in [0.25, 0.3) is 0 Å². The molecule has 3 aromatic rings. The zero-order chi connectivity index (χ0) is 16.9. The van der Waals surface area contributed by atoms with Crippen LogP contribution in [0.3, 0.4) is 0 Å². The smallest absolute Gasteiger partial charge is 0.153 e. The third-order valence-electron chi connectivity index (χ3n) is 3.76. The van der Waals surface area contributed by atoms with E-state index in [1.807, 2.05) is 44.3 Å². The van der Waals surface area contributed by atoms with Crippen LogP contribution in [-0.4, -0.2) is 34.4 Å². The maximum Gasteiger partial charge on any atom is 0.153 e. The van der Waals surface area contributed by atoms with E-state index >= 15 is 0 Å². The largest absolute Gasteiger partial charge is 0.382 e. The zero-order valence-electron chi connectivity index (χ0n) is 14.0. The van der Waals surface area contributed by atoms with Crippen molar-refractivity contribution >= 4 is 22.5 Å². The summed E-state index contributed by atoms with van der Waals surface area (Å²) in [5.74, 6) is 1.38. The molecule has 0 fully saturated rings. The van der Waals surface area contributed by atoms with Gasteiger partial charge in [0.15, 0.2) is 5.82 Å². The predicted octanol–water partition coefficient (Wildman–Crippen LogP) is 3.43. The molecule has 0 saturated heterocycles. The minimum absolute atomic E-state index is 0.275. The van der Waals surface area contributed by atoms with Gasteiger partial charge in [0.05, 0.1) is 11.6 Å². The zero-order valence-corrected chi connectivity index (χ0v) is 14.0. The lowest BCUT2D eigenvalue weighted by Crippen LogP contribution is -2.09. The molecular weight excluding hydrogens is 302 g/mol. The number of fused-ring (bicyclic) bond motifs is 1. The summed E-state index contributed by atoms with van der Waals surface area (Å²) in [4.78, 5) is 4.37. The summed E-state index contributed by atoms with van der Waals surface area (Å²) in [7, 11) is 0. The van der Waals surface area contributed by atoms with Crippen molar-refractivity contribution in [1.82, 2.24) is 15.2 Å². The number of nitrogen functional groups attached to an aromatic ring is 1. The van der Waals surface area contributed by atoms with Gasteiger partial charge in [0, 0.05) is 24.7 Å². The lowest BCUT2D eigenvalue weighted by Gasteiger charge is -2.09. The van der Waals surface area contributed by atoms with Gasteiger partial charge in [-0.15, -0.1) is 0 Å². The van der Waals surface area contributed by atoms with Crippen LogP contribution in [-0.2, 0) is 4.74 Å². The van der Waals surface area contributed by atoms with Gasteiger partial charge in [-0.25, -0.2) is 4.98 Å². The molecule has 0 amide bonds. The normalized spacial score (nSPS) is 11.3. The fourth-order valence-corrected chi connectivity index (χ4v) is 2.53. The van der Waals surface area contributed by atoms with Gasteiger partial charge in [0.1, 0.15) is 5.82 Å². The number of nitrogens with two attached hydrogens (primary N) is 1. The van der Waals surface area contributed by atoms with E-state index < -0.39 is 0 Å². The van der Waals surface area contributed by atoms with Crippen molar-refractivity contribution in [1.29, 1.82) is 0 Å². The lowest BCUT2D eigenvalue weighted by atomic mass is 10.0. The van der Waals surface area contributed by atoms with Gasteiger partial charge in [0.2, 0.25) is 0 Å². The molecule has 24 heavy (non-hydrogen) atoms. The van der Waals surface area contributed by atoms with Crippen molar-refractivity contribution < 1.29 is 4.74 Å². The third kappa shape index (κ3) is 3.83. The first-order valence-electron chi connectivity index (χ1n) is 8.19. The molecule has 4 N–H and O–H groups in total. The van der Waals surface area contributed by atoms with Crippen LogP contribution >= 0.6 is 0 Å². The Morgan fingerprint density at radius 1 is 1.21 bits per heavy atom. The van der Waals surface area contributed by atoms with Crippen LogP contribution in [0.15, 0.2) is 36.5 Å². The SMILES string of the molecule is CC(C)OCCCNc1cc(-c2ccc3[nH]nc(N)c3c2)ccn1. The standard InChI is InChI=1S/C18H23N5O/c1-12(2)24-9-3-7-20-17-11-14(6-8-21-17)13-4-5-16-15(10-13)18(19)23-22-16/h4-6,8,10-12H,3,7,9H2,1-2H3,(H,20,21)(H3,19,22,23). The van der Waals surface area contributed by atoms with Crippen LogP contribution in [0.2, 0.25) is 0 Å². The Kier molecular flexibility index (Phi) is 4.96. The molecule has 1 aromatic carbocycles. The summed E-state index contributed by atoms with van der Waals surface area (Å²) in [6.45, 7) is 5.67. The number of aromatic nitrogens is 3. The average molecular weight is 325 g/mol. The molecule has 0 spiro atoms. The maximum atomic E-state index is 5.89. The molecule has 6 nitrogen and oxygen atoms in total. The average Bonchev–Trinajstić information content (AvgIpc) is 2.95. The summed E-state index contributed by atoms with van der Waals surface area (Å²) >= 11 is 0. The highest BCUT2D eigenvalue weighted by Gasteiger charge is 2.06. The highest BCUT2D eigenvalue weighted by Crippen LogP contribution is 2.27. The minimum Gasteiger partial charge on any atom is -0.382 e. The van der Waals surface area contributed by atoms with Gasteiger partial charge in [-0.1, -0.05) is 6.07 Å². The number of hydrogen-bond donors (Lipinski definition) is 3. The fraction of sp³-hybridized carbons (Fsp3) is 0.333. The number of H-pyrrole nitrogens is 1. The number of pyridine rings is 1. The Morgan fingerprint density at radius 2 is 2.04 bits per heavy atom. The van der Waals surface area contributed by atoms with E-state index in [9.17, 15) is 0 Å². The van der Waals surface area contributed by atoms with Crippen LogP contribution in [0.25, 0.3) is 22.0 Å². The van der Waals surface area contributed by atoms with E-state index in [0.29, 0.717) is 5.82 Å². The number of anilines is 2. The number of ether oxygens (including phenoxy) is 1. The Hall–Kier alpha value is -2.60. The highest BCUT2D eigenvalue weighted by molar-refractivity contribution is 5.92. The second-order valence-corrected chi connectivity index (χ2v) is 6.00. The van der Waals surface area contributed by atoms with Crippen molar-refractivity contribution in [3.05, 3.63) is 36.5 Å². The van der Waals surface area contributed by atoms with Gasteiger partial charge in [-0.2, -0.15) is 5.10 Å². The van der Waals surface area contributed by atoms with Crippen LogP contribution < -0.4 is 11.1 Å². The van der Waals surface area contributed by atoms with Crippen molar-refractivity contribution in [3.63, 3.8) is 0 Å². The van der Waals surface area contributed by atoms with Gasteiger partial charge >= 0.3 is 0 Å². The minimum atomic E-state index is 0.275. The second-order valence-electron chi connectivity index (χ2n) is 6.00. The topological polar surface area (TPSA) is 88.8 Å². The molecule has 126 valence electrons. The molecule has 0 saturated carbocycles. The number of hydrogen-bond acceptors (Lipinski definition) is 5. The Labute approximate surface area is 141 Å². The van der Waals surface area contributed by atoms with Crippen molar-refractivity contribution in [2.24, 2.45) is 0 Å². The Morgan fingerprint density at radius 3 is 2.88 bits per heavy atom. The summed E-state index contributed by atoms with van der Waals surface area (Å²) in [5.41, 5.74) is 9.01. The maximum absolute atomic E-state index is 5.89. The van der Waals surface area contributed by atoms with E-state index in [4.69, 9.17) is 10.5 Å². The van der Waals surface area contributed by atoms with Crippen molar-refractivity contribution in [2.45, 2.75) is 26.4 Å². The number of nitrogens with one attached hydrogen (secondary N) is 2. The Bertz CT molecular complexity index is 812. The molecule has 0 unspecified atom stereocenters. The molecule has 6 heteroatoms. The molecule has 0 aliphatic heterocycles. The second kappa shape index (κ2) is 7.31. The number of rotatable bonds is 7. The number of aromatic amines is 1. The molecule has 0 radical (unpaired) electrons. The van der Waals surface area contributed by atoms with Crippen LogP contribution in [0.1, 0.15) is 20.3 Å². The summed E-state index contributed by atoms with van der Waals surface area (Å²) in [6, 6.07) is 10.1. The van der Waals surface area contributed by atoms with Crippen LogP contribution in [0, 0.1) is 0 Å². The summed E-state index contributed by atoms with van der Waals surface area (Å²) < 4.78 is 5.54. The summed E-state index contributed by atoms with van der Waals surface area (Å²) in [6.07, 6.45) is 3.03. The lowest BCUT2D eigenvalue weighted by molar-refractivity contribution is 0.0787. The molecular formula is C18H23N5O. The van der Waals surface area contributed by atoms with Crippen LogP contribution in [0.5, 0.6) is 0 Å². The van der Waals surface area contributed by atoms with E-state index in [1.165, 1.54) is 0 Å². The van der Waals surface area contributed by atoms with Crippen molar-refractivity contribution in [2.75, 3.05) is 24.2 Å². The van der Waals surface area contributed by atoms with Crippen molar-refractivity contribution in [3.8, 4) is 11.1 Å². The van der Waals surface area contributed by atoms with E-state index in [1.54, 1.807) is 0 Å². The van der Waals surface area contributed by atoms with E-state index in [-0.39, 0.29) is 6.10 Å². The number of benzene rings is 1. The van der Waals surface area contributed by atoms with E-state index in [2.05, 4.69) is 26.6 Å². The molecule has 0 atom stereocenters. The molecule has 0 bridgehead atoms. The molecule has 3 rings (SSSR count). The first kappa shape index (κ1) is 16.3. The molecule has 2 heterocycles. The summed E-state index contributed by atoms with van der Waals surface area (Å²) in [5, 5.41) is 11.2. The molecule has 2 aromatic heterocycles. The highest BCUT2D eigenvalue weighted by atomic mass is 16.5. The predicted molar refractivity (Wildman–Crippen MR) is 97.9 cm³/mol. The monoisotopic (exact) mass is 325 g/mol. The first-order chi connectivity index (χ1) is 11.6. The molecule has 0 aliphatic rings.